The van der Waals surface area contributed by atoms with Gasteiger partial charge in [-0.15, -0.1) is 0 Å². The molecule has 2 atom stereocenters. The minimum Gasteiger partial charge on any atom is -0.303 e. The molecule has 2 aliphatic heterocycles. The molecule has 3 rings (SSSR count). The third-order valence-electron chi connectivity index (χ3n) is 5.93. The number of nitrogens with zero attached hydrogens (tertiary/aromatic N) is 2. The molecule has 1 saturated carbocycles. The first-order valence-electron chi connectivity index (χ1n) is 8.67. The number of hydrogen-bond acceptors (Lipinski definition) is 3. The molecule has 0 radical (unpaired) electrons. The Morgan fingerprint density at radius 1 is 1.10 bits per heavy atom. The predicted octanol–water partition coefficient (Wildman–Crippen LogP) is 2.69. The van der Waals surface area contributed by atoms with E-state index in [0.29, 0.717) is 6.04 Å². The number of aldehydes is 1. The predicted molar refractivity (Wildman–Crippen MR) is 81.8 cm³/mol. The minimum absolute atomic E-state index is 0.0362. The SMILES string of the molecule is CC1CN2CCCC2CN1CC1(C=O)CCCCCC1. The second-order valence-corrected chi connectivity index (χ2v) is 7.46. The molecule has 3 aliphatic rings. The summed E-state index contributed by atoms with van der Waals surface area (Å²) in [5, 5.41) is 0. The smallest absolute Gasteiger partial charge is 0.127 e. The van der Waals surface area contributed by atoms with E-state index in [1.807, 2.05) is 0 Å². The van der Waals surface area contributed by atoms with Crippen LogP contribution >= 0.6 is 0 Å². The van der Waals surface area contributed by atoms with Crippen LogP contribution in [-0.2, 0) is 4.79 Å². The van der Waals surface area contributed by atoms with Crippen LogP contribution < -0.4 is 0 Å². The van der Waals surface area contributed by atoms with Gasteiger partial charge in [-0.1, -0.05) is 25.7 Å². The van der Waals surface area contributed by atoms with Gasteiger partial charge in [0.2, 0.25) is 0 Å². The van der Waals surface area contributed by atoms with Gasteiger partial charge in [-0.3, -0.25) is 9.80 Å². The largest absolute Gasteiger partial charge is 0.303 e. The van der Waals surface area contributed by atoms with Gasteiger partial charge in [-0.2, -0.15) is 0 Å². The maximum absolute atomic E-state index is 11.8. The highest BCUT2D eigenvalue weighted by Crippen LogP contribution is 2.36. The lowest BCUT2D eigenvalue weighted by atomic mass is 9.80. The highest BCUT2D eigenvalue weighted by Gasteiger charge is 2.39. The minimum atomic E-state index is -0.0362. The summed E-state index contributed by atoms with van der Waals surface area (Å²) >= 11 is 0. The number of carbonyl (C=O) groups is 1. The molecule has 1 aliphatic carbocycles. The second kappa shape index (κ2) is 6.15. The molecule has 3 heteroatoms. The van der Waals surface area contributed by atoms with Crippen LogP contribution in [0.5, 0.6) is 0 Å². The molecular formula is C17H30N2O. The first kappa shape index (κ1) is 14.5. The van der Waals surface area contributed by atoms with Gasteiger partial charge >= 0.3 is 0 Å². The van der Waals surface area contributed by atoms with E-state index in [1.54, 1.807) is 0 Å². The lowest BCUT2D eigenvalue weighted by molar-refractivity contribution is -0.119. The maximum atomic E-state index is 11.8. The summed E-state index contributed by atoms with van der Waals surface area (Å²) in [5.41, 5.74) is -0.0362. The Hall–Kier alpha value is -0.410. The monoisotopic (exact) mass is 278 g/mol. The summed E-state index contributed by atoms with van der Waals surface area (Å²) in [6, 6.07) is 1.38. The lowest BCUT2D eigenvalue weighted by Crippen LogP contribution is -2.57. The van der Waals surface area contributed by atoms with E-state index in [0.717, 1.165) is 25.4 Å². The zero-order valence-electron chi connectivity index (χ0n) is 13.0. The standard InChI is InChI=1S/C17H30N2O/c1-15-11-18-10-6-7-16(18)12-19(15)13-17(14-20)8-4-2-3-5-9-17/h14-16H,2-13H2,1H3. The number of piperazine rings is 1. The molecule has 2 unspecified atom stereocenters. The molecule has 114 valence electrons. The third kappa shape index (κ3) is 2.94. The van der Waals surface area contributed by atoms with Crippen LogP contribution in [0.4, 0.5) is 0 Å². The average molecular weight is 278 g/mol. The van der Waals surface area contributed by atoms with Crippen molar-refractivity contribution in [1.29, 1.82) is 0 Å². The molecule has 0 spiro atoms. The zero-order valence-corrected chi connectivity index (χ0v) is 13.0. The van der Waals surface area contributed by atoms with Crippen molar-refractivity contribution < 1.29 is 4.79 Å². The average Bonchev–Trinajstić information content (AvgIpc) is 2.76. The Balaban J connectivity index is 1.66. The molecule has 0 amide bonds. The van der Waals surface area contributed by atoms with E-state index in [2.05, 4.69) is 16.7 Å². The molecule has 3 fully saturated rings. The zero-order chi connectivity index (χ0) is 14.0. The van der Waals surface area contributed by atoms with Crippen LogP contribution in [0.25, 0.3) is 0 Å². The fraction of sp³-hybridized carbons (Fsp3) is 0.941. The molecule has 0 aromatic rings. The molecule has 2 heterocycles. The van der Waals surface area contributed by atoms with Gasteiger partial charge in [0.05, 0.1) is 0 Å². The van der Waals surface area contributed by atoms with E-state index in [1.165, 1.54) is 64.4 Å². The van der Waals surface area contributed by atoms with Crippen LogP contribution in [0.15, 0.2) is 0 Å². The van der Waals surface area contributed by atoms with Gasteiger partial charge in [0, 0.05) is 37.1 Å². The van der Waals surface area contributed by atoms with Crippen LogP contribution in [0.3, 0.4) is 0 Å². The van der Waals surface area contributed by atoms with Gasteiger partial charge < -0.3 is 4.79 Å². The highest BCUT2D eigenvalue weighted by molar-refractivity contribution is 5.59. The van der Waals surface area contributed by atoms with E-state index >= 15 is 0 Å². The van der Waals surface area contributed by atoms with E-state index in [9.17, 15) is 4.79 Å². The number of fused-ring (bicyclic) bond motifs is 1. The summed E-state index contributed by atoms with van der Waals surface area (Å²) in [7, 11) is 0. The van der Waals surface area contributed by atoms with Crippen molar-refractivity contribution in [2.75, 3.05) is 26.2 Å². The number of rotatable bonds is 3. The van der Waals surface area contributed by atoms with Crippen molar-refractivity contribution >= 4 is 6.29 Å². The highest BCUT2D eigenvalue weighted by atomic mass is 16.1. The molecular weight excluding hydrogens is 248 g/mol. The first-order valence-corrected chi connectivity index (χ1v) is 8.67. The Labute approximate surface area is 123 Å². The first-order chi connectivity index (χ1) is 9.72. The Kier molecular flexibility index (Phi) is 4.46. The second-order valence-electron chi connectivity index (χ2n) is 7.46. The molecule has 0 bridgehead atoms. The van der Waals surface area contributed by atoms with Crippen molar-refractivity contribution in [3.8, 4) is 0 Å². The van der Waals surface area contributed by atoms with Gasteiger partial charge in [-0.25, -0.2) is 0 Å². The van der Waals surface area contributed by atoms with Crippen molar-refractivity contribution in [3.05, 3.63) is 0 Å². The van der Waals surface area contributed by atoms with Crippen molar-refractivity contribution in [3.63, 3.8) is 0 Å². The molecule has 2 saturated heterocycles. The maximum Gasteiger partial charge on any atom is 0.127 e. The van der Waals surface area contributed by atoms with E-state index in [-0.39, 0.29) is 5.41 Å². The summed E-state index contributed by atoms with van der Waals surface area (Å²) in [6.07, 6.45) is 11.4. The van der Waals surface area contributed by atoms with Crippen LogP contribution in [0.1, 0.15) is 58.3 Å². The topological polar surface area (TPSA) is 23.6 Å². The molecule has 0 N–H and O–H groups in total. The van der Waals surface area contributed by atoms with Crippen LogP contribution in [0.2, 0.25) is 0 Å². The van der Waals surface area contributed by atoms with Crippen molar-refractivity contribution in [2.45, 2.75) is 70.4 Å². The van der Waals surface area contributed by atoms with Gasteiger partial charge in [-0.05, 0) is 39.2 Å². The number of carbonyl (C=O) groups excluding carboxylic acids is 1. The molecule has 0 aromatic carbocycles. The summed E-state index contributed by atoms with van der Waals surface area (Å²) in [4.78, 5) is 17.1. The van der Waals surface area contributed by atoms with Gasteiger partial charge in [0.25, 0.3) is 0 Å². The normalized spacial score (nSPS) is 35.5. The quantitative estimate of drug-likeness (QED) is 0.586. The third-order valence-corrected chi connectivity index (χ3v) is 5.93. The van der Waals surface area contributed by atoms with Gasteiger partial charge in [0.1, 0.15) is 6.29 Å². The molecule has 3 nitrogen and oxygen atoms in total. The van der Waals surface area contributed by atoms with E-state index in [4.69, 9.17) is 0 Å². The summed E-state index contributed by atoms with van der Waals surface area (Å²) < 4.78 is 0. The summed E-state index contributed by atoms with van der Waals surface area (Å²) in [6.45, 7) is 7.06. The van der Waals surface area contributed by atoms with Gasteiger partial charge in [0.15, 0.2) is 0 Å². The summed E-state index contributed by atoms with van der Waals surface area (Å²) in [5.74, 6) is 0. The van der Waals surface area contributed by atoms with Crippen molar-refractivity contribution in [1.82, 2.24) is 9.80 Å². The van der Waals surface area contributed by atoms with Crippen LogP contribution in [0, 0.1) is 5.41 Å². The lowest BCUT2D eigenvalue weighted by Gasteiger charge is -2.45. The molecule has 0 aromatic heterocycles. The fourth-order valence-electron chi connectivity index (χ4n) is 4.62. The fourth-order valence-corrected chi connectivity index (χ4v) is 4.62. The van der Waals surface area contributed by atoms with E-state index < -0.39 is 0 Å². The Morgan fingerprint density at radius 2 is 1.85 bits per heavy atom. The Bertz CT molecular complexity index is 336. The number of hydrogen-bond donors (Lipinski definition) is 0. The molecule has 20 heavy (non-hydrogen) atoms. The van der Waals surface area contributed by atoms with Crippen molar-refractivity contribution in [2.24, 2.45) is 5.41 Å². The Morgan fingerprint density at radius 3 is 2.55 bits per heavy atom. The van der Waals surface area contributed by atoms with Crippen LogP contribution in [-0.4, -0.2) is 54.3 Å².